The molecule has 1 N–H and O–H groups in total. The molecule has 3 nitrogen and oxygen atoms in total. The van der Waals surface area contributed by atoms with E-state index in [0.29, 0.717) is 24.3 Å². The highest BCUT2D eigenvalue weighted by Crippen LogP contribution is 2.25. The van der Waals surface area contributed by atoms with Gasteiger partial charge in [0.25, 0.3) is 0 Å². The van der Waals surface area contributed by atoms with Crippen LogP contribution in [0.5, 0.6) is 0 Å². The average Bonchev–Trinajstić information content (AvgIpc) is 2.24. The Bertz CT molecular complexity index is 202. The Labute approximate surface area is 98.9 Å². The average molecular weight is 227 g/mol. The minimum atomic E-state index is 0.495. The number of methoxy groups -OCH3 is 1. The molecule has 1 aliphatic heterocycles. The van der Waals surface area contributed by atoms with Gasteiger partial charge in [-0.05, 0) is 32.1 Å². The molecule has 0 radical (unpaired) electrons. The van der Waals surface area contributed by atoms with Crippen LogP contribution in [-0.4, -0.2) is 38.0 Å². The van der Waals surface area contributed by atoms with Crippen LogP contribution in [0.25, 0.3) is 0 Å². The third kappa shape index (κ3) is 3.19. The fraction of sp³-hybridized carbons (Fsp3) is 1.00. The third-order valence-electron chi connectivity index (χ3n) is 3.88. The van der Waals surface area contributed by atoms with Gasteiger partial charge < -0.3 is 14.8 Å². The smallest absolute Gasteiger partial charge is 0.0601 e. The van der Waals surface area contributed by atoms with Gasteiger partial charge in [0, 0.05) is 25.8 Å². The zero-order chi connectivity index (χ0) is 11.4. The van der Waals surface area contributed by atoms with Gasteiger partial charge in [0.05, 0.1) is 12.2 Å². The summed E-state index contributed by atoms with van der Waals surface area (Å²) < 4.78 is 11.1. The minimum Gasteiger partial charge on any atom is -0.381 e. The van der Waals surface area contributed by atoms with Crippen LogP contribution in [0.3, 0.4) is 0 Å². The second kappa shape index (κ2) is 5.99. The zero-order valence-corrected chi connectivity index (χ0v) is 10.6. The Morgan fingerprint density at radius 1 is 1.25 bits per heavy atom. The van der Waals surface area contributed by atoms with Crippen molar-refractivity contribution in [2.24, 2.45) is 0 Å². The highest BCUT2D eigenvalue weighted by Gasteiger charge is 2.32. The second-order valence-corrected chi connectivity index (χ2v) is 5.20. The van der Waals surface area contributed by atoms with Crippen LogP contribution < -0.4 is 5.32 Å². The van der Waals surface area contributed by atoms with Crippen LogP contribution in [0.2, 0.25) is 0 Å². The lowest BCUT2D eigenvalue weighted by atomic mass is 9.87. The predicted molar refractivity (Wildman–Crippen MR) is 64.6 cm³/mol. The summed E-state index contributed by atoms with van der Waals surface area (Å²) in [6.45, 7) is 3.16. The normalized spacial score (nSPS) is 39.4. The summed E-state index contributed by atoms with van der Waals surface area (Å²) in [5.41, 5.74) is 0. The fourth-order valence-electron chi connectivity index (χ4n) is 2.78. The topological polar surface area (TPSA) is 30.5 Å². The summed E-state index contributed by atoms with van der Waals surface area (Å²) in [6.07, 6.45) is 8.18. The lowest BCUT2D eigenvalue weighted by Gasteiger charge is -2.39. The van der Waals surface area contributed by atoms with Crippen molar-refractivity contribution >= 4 is 0 Å². The first kappa shape index (κ1) is 12.3. The summed E-state index contributed by atoms with van der Waals surface area (Å²) in [6, 6.07) is 1.36. The molecule has 94 valence electrons. The highest BCUT2D eigenvalue weighted by molar-refractivity contribution is 4.89. The van der Waals surface area contributed by atoms with Crippen LogP contribution in [0.4, 0.5) is 0 Å². The van der Waals surface area contributed by atoms with Crippen LogP contribution in [0.1, 0.15) is 45.4 Å². The molecule has 0 amide bonds. The Morgan fingerprint density at radius 2 is 2.06 bits per heavy atom. The minimum absolute atomic E-state index is 0.495. The molecule has 2 aliphatic rings. The van der Waals surface area contributed by atoms with Crippen molar-refractivity contribution in [1.82, 2.24) is 5.32 Å². The van der Waals surface area contributed by atoms with Crippen LogP contribution in [-0.2, 0) is 9.47 Å². The first-order chi connectivity index (χ1) is 7.81. The maximum Gasteiger partial charge on any atom is 0.0601 e. The Hall–Kier alpha value is -0.120. The van der Waals surface area contributed by atoms with Crippen molar-refractivity contribution in [3.05, 3.63) is 0 Å². The molecular weight excluding hydrogens is 202 g/mol. The summed E-state index contributed by atoms with van der Waals surface area (Å²) in [5.74, 6) is 0. The van der Waals surface area contributed by atoms with Crippen molar-refractivity contribution in [2.45, 2.75) is 69.7 Å². The molecule has 2 rings (SSSR count). The summed E-state index contributed by atoms with van der Waals surface area (Å²) in [7, 11) is 1.81. The van der Waals surface area contributed by atoms with Gasteiger partial charge in [0.2, 0.25) is 0 Å². The number of hydrogen-bond acceptors (Lipinski definition) is 3. The molecule has 1 aliphatic carbocycles. The SMILES string of the molecule is CCCC1CC(NC2CC(OC)C2)CCO1. The molecule has 0 aromatic carbocycles. The lowest BCUT2D eigenvalue weighted by molar-refractivity contribution is -0.0209. The van der Waals surface area contributed by atoms with Crippen LogP contribution in [0, 0.1) is 0 Å². The van der Waals surface area contributed by atoms with Crippen LogP contribution in [0.15, 0.2) is 0 Å². The van der Waals surface area contributed by atoms with Gasteiger partial charge in [-0.2, -0.15) is 0 Å². The van der Waals surface area contributed by atoms with E-state index in [1.165, 1.54) is 38.5 Å². The molecular formula is C13H25NO2. The van der Waals surface area contributed by atoms with E-state index in [-0.39, 0.29) is 0 Å². The molecule has 2 fully saturated rings. The van der Waals surface area contributed by atoms with E-state index in [9.17, 15) is 0 Å². The molecule has 16 heavy (non-hydrogen) atoms. The van der Waals surface area contributed by atoms with E-state index >= 15 is 0 Å². The fourth-order valence-corrected chi connectivity index (χ4v) is 2.78. The van der Waals surface area contributed by atoms with Gasteiger partial charge in [0.15, 0.2) is 0 Å². The Morgan fingerprint density at radius 3 is 2.75 bits per heavy atom. The second-order valence-electron chi connectivity index (χ2n) is 5.20. The molecule has 1 saturated heterocycles. The van der Waals surface area contributed by atoms with Crippen molar-refractivity contribution < 1.29 is 9.47 Å². The first-order valence-electron chi connectivity index (χ1n) is 6.72. The van der Waals surface area contributed by atoms with Gasteiger partial charge in [-0.25, -0.2) is 0 Å². The van der Waals surface area contributed by atoms with E-state index in [0.717, 1.165) is 6.61 Å². The van der Waals surface area contributed by atoms with E-state index in [1.54, 1.807) is 0 Å². The van der Waals surface area contributed by atoms with E-state index in [1.807, 2.05) is 7.11 Å². The maximum absolute atomic E-state index is 5.76. The molecule has 3 heteroatoms. The van der Waals surface area contributed by atoms with E-state index < -0.39 is 0 Å². The lowest BCUT2D eigenvalue weighted by Crippen LogP contribution is -2.51. The van der Waals surface area contributed by atoms with E-state index in [2.05, 4.69) is 12.2 Å². The highest BCUT2D eigenvalue weighted by atomic mass is 16.5. The molecule has 0 spiro atoms. The third-order valence-corrected chi connectivity index (χ3v) is 3.88. The first-order valence-corrected chi connectivity index (χ1v) is 6.72. The van der Waals surface area contributed by atoms with Gasteiger partial charge in [-0.15, -0.1) is 0 Å². The molecule has 0 aromatic rings. The summed E-state index contributed by atoms with van der Waals surface area (Å²) in [5, 5.41) is 3.75. The molecule has 0 aromatic heterocycles. The van der Waals surface area contributed by atoms with Crippen molar-refractivity contribution in [1.29, 1.82) is 0 Å². The molecule has 2 unspecified atom stereocenters. The molecule has 1 saturated carbocycles. The van der Waals surface area contributed by atoms with Crippen molar-refractivity contribution in [3.8, 4) is 0 Å². The quantitative estimate of drug-likeness (QED) is 0.780. The molecule has 1 heterocycles. The van der Waals surface area contributed by atoms with E-state index in [4.69, 9.17) is 9.47 Å². The number of rotatable bonds is 5. The summed E-state index contributed by atoms with van der Waals surface area (Å²) >= 11 is 0. The van der Waals surface area contributed by atoms with Gasteiger partial charge in [-0.1, -0.05) is 13.3 Å². The Kier molecular flexibility index (Phi) is 4.62. The zero-order valence-electron chi connectivity index (χ0n) is 10.6. The number of nitrogens with one attached hydrogen (secondary N) is 1. The standard InChI is InChI=1S/C13H25NO2/c1-3-4-12-7-10(5-6-16-12)14-11-8-13(9-11)15-2/h10-14H,3-9H2,1-2H3. The Balaban J connectivity index is 1.66. The van der Waals surface area contributed by atoms with Crippen molar-refractivity contribution in [3.63, 3.8) is 0 Å². The summed E-state index contributed by atoms with van der Waals surface area (Å²) in [4.78, 5) is 0. The maximum atomic E-state index is 5.76. The number of ether oxygens (including phenoxy) is 2. The van der Waals surface area contributed by atoms with Gasteiger partial charge in [0.1, 0.15) is 0 Å². The molecule has 0 bridgehead atoms. The van der Waals surface area contributed by atoms with Gasteiger partial charge >= 0.3 is 0 Å². The largest absolute Gasteiger partial charge is 0.381 e. The van der Waals surface area contributed by atoms with Crippen molar-refractivity contribution in [2.75, 3.05) is 13.7 Å². The number of hydrogen-bond donors (Lipinski definition) is 1. The molecule has 2 atom stereocenters. The van der Waals surface area contributed by atoms with Crippen LogP contribution >= 0.6 is 0 Å². The van der Waals surface area contributed by atoms with Gasteiger partial charge in [-0.3, -0.25) is 0 Å². The monoisotopic (exact) mass is 227 g/mol. The predicted octanol–water partition coefficient (Wildman–Crippen LogP) is 2.10.